The summed E-state index contributed by atoms with van der Waals surface area (Å²) in [6, 6.07) is 3.18. The predicted octanol–water partition coefficient (Wildman–Crippen LogP) is 0.327. The number of benzene rings is 1. The monoisotopic (exact) mass is 450 g/mol. The van der Waals surface area contributed by atoms with Crippen molar-refractivity contribution in [2.75, 3.05) is 0 Å². The van der Waals surface area contributed by atoms with Gasteiger partial charge in [-0.2, -0.15) is 0 Å². The van der Waals surface area contributed by atoms with Crippen molar-refractivity contribution in [3.63, 3.8) is 0 Å². The number of aromatic nitrogens is 2. The Morgan fingerprint density at radius 1 is 1.10 bits per heavy atom. The predicted molar refractivity (Wildman–Crippen MR) is 107 cm³/mol. The molecule has 0 aliphatic carbocycles. The molecule has 2 aromatic rings. The van der Waals surface area contributed by atoms with Crippen molar-refractivity contribution in [3.05, 3.63) is 52.0 Å². The van der Waals surface area contributed by atoms with Crippen LogP contribution in [0, 0.1) is 5.92 Å². The third-order valence-corrected chi connectivity index (χ3v) is 4.63. The first kappa shape index (κ1) is 25.9. The summed E-state index contributed by atoms with van der Waals surface area (Å²) in [7, 11) is 0. The van der Waals surface area contributed by atoms with Crippen molar-refractivity contribution < 1.29 is 49.4 Å². The minimum Gasteiger partial charge on any atom is -0.480 e. The van der Waals surface area contributed by atoms with Crippen molar-refractivity contribution in [3.8, 4) is 0 Å². The average molecular weight is 451 g/mol. The number of carboxylic acid groups (broad SMARTS) is 2. The first-order valence-corrected chi connectivity index (χ1v) is 9.57. The molecule has 0 radical (unpaired) electrons. The van der Waals surface area contributed by atoms with E-state index in [-0.39, 0.29) is 41.9 Å². The zero-order valence-electron chi connectivity index (χ0n) is 16.6. The maximum absolute atomic E-state index is 11.7. The average Bonchev–Trinajstić information content (AvgIpc) is 2.98. The normalized spacial score (nSPS) is 13.0. The summed E-state index contributed by atoms with van der Waals surface area (Å²) in [6.07, 6.45) is 3.58. The topological polar surface area (TPSA) is 104 Å². The largest absolute Gasteiger partial charge is 1.00 e. The molecule has 3 N–H and O–H groups in total. The van der Waals surface area contributed by atoms with Crippen molar-refractivity contribution in [2.45, 2.75) is 45.3 Å². The van der Waals surface area contributed by atoms with Crippen LogP contribution in [0.25, 0.3) is 0 Å². The van der Waals surface area contributed by atoms with Crippen LogP contribution in [0.4, 0.5) is 0 Å². The van der Waals surface area contributed by atoms with Gasteiger partial charge < -0.3 is 14.8 Å². The second-order valence-electron chi connectivity index (χ2n) is 7.07. The Morgan fingerprint density at radius 2 is 1.69 bits per heavy atom. The van der Waals surface area contributed by atoms with Gasteiger partial charge in [-0.15, -0.1) is 0 Å². The van der Waals surface area contributed by atoms with Gasteiger partial charge in [0.15, 0.2) is 0 Å². The van der Waals surface area contributed by atoms with Gasteiger partial charge in [-0.25, -0.2) is 4.98 Å². The minimum absolute atomic E-state index is 0. The standard InChI is InChI=1S/C19H23Cl2N3O4.Na/c1-11(2)3-16(18(25)26)23-17(19(27)28)7-15-8-22-10-24(15)9-12-4-13(20)6-14(21)5-12;/h4-6,8,10-11,16-17,23H,3,7,9H2,1-2H3,(H,25,26)(H,27,28);/q;+1/t16-,17-;/m0./s1. The van der Waals surface area contributed by atoms with Crippen LogP contribution in [0.2, 0.25) is 10.0 Å². The van der Waals surface area contributed by atoms with E-state index in [0.717, 1.165) is 5.56 Å². The van der Waals surface area contributed by atoms with E-state index in [0.29, 0.717) is 28.7 Å². The number of imidazole rings is 1. The molecule has 0 saturated heterocycles. The molecule has 0 spiro atoms. The van der Waals surface area contributed by atoms with E-state index in [4.69, 9.17) is 23.2 Å². The number of aliphatic carboxylic acids is 2. The summed E-state index contributed by atoms with van der Waals surface area (Å²) in [5.41, 5.74) is 1.50. The van der Waals surface area contributed by atoms with Crippen LogP contribution in [-0.2, 0) is 22.6 Å². The smallest absolute Gasteiger partial charge is 0.480 e. The van der Waals surface area contributed by atoms with Crippen LogP contribution >= 0.6 is 23.2 Å². The molecule has 0 bridgehead atoms. The number of nitrogens with one attached hydrogen (secondary N) is 1. The number of carboxylic acids is 2. The number of halogens is 2. The first-order chi connectivity index (χ1) is 13.2. The molecule has 0 aliphatic heterocycles. The number of hydrogen-bond donors (Lipinski definition) is 3. The van der Waals surface area contributed by atoms with Crippen molar-refractivity contribution in [2.24, 2.45) is 5.92 Å². The van der Waals surface area contributed by atoms with E-state index in [1.54, 1.807) is 35.3 Å². The van der Waals surface area contributed by atoms with E-state index >= 15 is 0 Å². The Balaban J connectivity index is 0.00000420. The zero-order valence-corrected chi connectivity index (χ0v) is 20.1. The summed E-state index contributed by atoms with van der Waals surface area (Å²) in [4.78, 5) is 27.3. The number of rotatable bonds is 10. The molecule has 0 aliphatic rings. The van der Waals surface area contributed by atoms with E-state index in [1.165, 1.54) is 0 Å². The fourth-order valence-corrected chi connectivity index (χ4v) is 3.51. The fraction of sp³-hybridized carbons (Fsp3) is 0.421. The maximum atomic E-state index is 11.7. The second-order valence-corrected chi connectivity index (χ2v) is 7.95. The maximum Gasteiger partial charge on any atom is 1.00 e. The third kappa shape index (κ3) is 8.28. The second kappa shape index (κ2) is 11.9. The van der Waals surface area contributed by atoms with Gasteiger partial charge in [0.25, 0.3) is 0 Å². The van der Waals surface area contributed by atoms with Gasteiger partial charge in [0.1, 0.15) is 12.1 Å². The molecule has 7 nitrogen and oxygen atoms in total. The molecule has 1 aromatic carbocycles. The minimum atomic E-state index is -1.12. The molecule has 10 heteroatoms. The molecule has 0 amide bonds. The quantitative estimate of drug-likeness (QED) is 0.450. The molecule has 2 atom stereocenters. The van der Waals surface area contributed by atoms with Gasteiger partial charge in [-0.1, -0.05) is 37.0 Å². The molecular formula is C19H23Cl2N3NaO4+. The van der Waals surface area contributed by atoms with Crippen LogP contribution in [0.5, 0.6) is 0 Å². The van der Waals surface area contributed by atoms with Gasteiger partial charge >= 0.3 is 41.5 Å². The summed E-state index contributed by atoms with van der Waals surface area (Å²) in [5.74, 6) is -2.07. The van der Waals surface area contributed by atoms with Gasteiger partial charge in [0.05, 0.1) is 6.33 Å². The molecule has 152 valence electrons. The van der Waals surface area contributed by atoms with Crippen molar-refractivity contribution >= 4 is 35.1 Å². The van der Waals surface area contributed by atoms with Crippen molar-refractivity contribution in [1.29, 1.82) is 0 Å². The third-order valence-electron chi connectivity index (χ3n) is 4.19. The Bertz CT molecular complexity index is 824. The Kier molecular flexibility index (Phi) is 10.7. The van der Waals surface area contributed by atoms with E-state index in [2.05, 4.69) is 10.3 Å². The Labute approximate surface area is 201 Å². The van der Waals surface area contributed by atoms with Gasteiger partial charge in [-0.3, -0.25) is 14.9 Å². The van der Waals surface area contributed by atoms with Crippen LogP contribution in [0.1, 0.15) is 31.5 Å². The van der Waals surface area contributed by atoms with Crippen molar-refractivity contribution in [1.82, 2.24) is 14.9 Å². The molecule has 1 aromatic heterocycles. The summed E-state index contributed by atoms with van der Waals surface area (Å²) in [6.45, 7) is 4.19. The van der Waals surface area contributed by atoms with Gasteiger partial charge in [0, 0.05) is 34.9 Å². The van der Waals surface area contributed by atoms with Crippen LogP contribution in [0.3, 0.4) is 0 Å². The number of nitrogens with zero attached hydrogens (tertiary/aromatic N) is 2. The SMILES string of the molecule is CC(C)C[C@H](N[C@@H](Cc1cncn1Cc1cc(Cl)cc(Cl)c1)C(=O)O)C(=O)O.[Na+]. The fourth-order valence-electron chi connectivity index (χ4n) is 2.94. The number of carbonyl (C=O) groups is 2. The van der Waals surface area contributed by atoms with Gasteiger partial charge in [0.2, 0.25) is 0 Å². The molecule has 0 unspecified atom stereocenters. The van der Waals surface area contributed by atoms with Gasteiger partial charge in [-0.05, 0) is 36.1 Å². The zero-order chi connectivity index (χ0) is 20.8. The van der Waals surface area contributed by atoms with E-state index < -0.39 is 24.0 Å². The van der Waals surface area contributed by atoms with E-state index in [1.807, 2.05) is 13.8 Å². The van der Waals surface area contributed by atoms with Crippen LogP contribution in [0.15, 0.2) is 30.7 Å². The molecule has 1 heterocycles. The first-order valence-electron chi connectivity index (χ1n) is 8.81. The molecule has 29 heavy (non-hydrogen) atoms. The Morgan fingerprint density at radius 3 is 2.21 bits per heavy atom. The molecule has 2 rings (SSSR count). The Hall–Kier alpha value is -1.09. The molecule has 0 fully saturated rings. The van der Waals surface area contributed by atoms with Crippen LogP contribution in [-0.4, -0.2) is 43.8 Å². The molecular weight excluding hydrogens is 428 g/mol. The molecule has 0 saturated carbocycles. The summed E-state index contributed by atoms with van der Waals surface area (Å²) in [5, 5.41) is 22.7. The van der Waals surface area contributed by atoms with E-state index in [9.17, 15) is 19.8 Å². The summed E-state index contributed by atoms with van der Waals surface area (Å²) >= 11 is 12.1. The number of hydrogen-bond acceptors (Lipinski definition) is 4. The van der Waals surface area contributed by atoms with Crippen LogP contribution < -0.4 is 34.9 Å². The summed E-state index contributed by atoms with van der Waals surface area (Å²) < 4.78 is 1.79.